The Kier molecular flexibility index (Phi) is 4.63. The molecule has 2 aromatic carbocycles. The summed E-state index contributed by atoms with van der Waals surface area (Å²) in [4.78, 5) is 27.8. The third-order valence-corrected chi connectivity index (χ3v) is 5.55. The Balaban J connectivity index is 1.87. The fourth-order valence-corrected chi connectivity index (χ4v) is 3.99. The van der Waals surface area contributed by atoms with Crippen LogP contribution in [-0.2, 0) is 4.79 Å². The molecule has 0 saturated carbocycles. The minimum Gasteiger partial charge on any atom is -0.508 e. The van der Waals surface area contributed by atoms with Gasteiger partial charge >= 0.3 is 0 Å². The van der Waals surface area contributed by atoms with Crippen molar-refractivity contribution in [3.8, 4) is 11.8 Å². The molecule has 0 saturated heterocycles. The largest absolute Gasteiger partial charge is 0.508 e. The zero-order valence-electron chi connectivity index (χ0n) is 14.9. The van der Waals surface area contributed by atoms with Gasteiger partial charge < -0.3 is 10.2 Å². The van der Waals surface area contributed by atoms with Crippen LogP contribution in [-0.4, -0.2) is 21.9 Å². The summed E-state index contributed by atoms with van der Waals surface area (Å²) in [6.07, 6.45) is 0. The Morgan fingerprint density at radius 1 is 1.03 bits per heavy atom. The summed E-state index contributed by atoms with van der Waals surface area (Å²) in [6, 6.07) is 16.9. The molecule has 1 aliphatic heterocycles. The number of hydrogen-bond acceptors (Lipinski definition) is 6. The number of thiophene rings is 1. The third-order valence-electron chi connectivity index (χ3n) is 4.68. The van der Waals surface area contributed by atoms with Crippen LogP contribution in [0.5, 0.6) is 5.75 Å². The number of aliphatic hydroxyl groups excluding tert-OH is 1. The number of carbonyl (C=O) groups is 2. The van der Waals surface area contributed by atoms with E-state index in [2.05, 4.69) is 0 Å². The third kappa shape index (κ3) is 3.16. The molecule has 7 heteroatoms. The molecule has 142 valence electrons. The van der Waals surface area contributed by atoms with Crippen LogP contribution in [0.15, 0.2) is 77.4 Å². The van der Waals surface area contributed by atoms with Gasteiger partial charge in [-0.2, -0.15) is 5.26 Å². The monoisotopic (exact) mass is 402 g/mol. The maximum absolute atomic E-state index is 13.1. The van der Waals surface area contributed by atoms with Crippen molar-refractivity contribution < 1.29 is 19.8 Å². The second-order valence-corrected chi connectivity index (χ2v) is 7.34. The second kappa shape index (κ2) is 7.26. The lowest BCUT2D eigenvalue weighted by atomic mass is 9.95. The van der Waals surface area contributed by atoms with Crippen molar-refractivity contribution in [1.29, 1.82) is 5.26 Å². The van der Waals surface area contributed by atoms with Gasteiger partial charge in [-0.3, -0.25) is 14.5 Å². The van der Waals surface area contributed by atoms with Crippen molar-refractivity contribution >= 4 is 28.7 Å². The Labute approximate surface area is 170 Å². The Hall–Kier alpha value is -3.89. The number of phenolic OH excluding ortho intramolecular Hbond substituents is 1. The SMILES string of the molecule is N#Cc1ccc(N2C(=O)C(O)=C(C(=O)c3cccs3)C2c2ccc(O)cc2)cc1. The van der Waals surface area contributed by atoms with E-state index < -0.39 is 23.5 Å². The minimum atomic E-state index is -0.870. The van der Waals surface area contributed by atoms with Gasteiger partial charge in [0.25, 0.3) is 5.91 Å². The number of Topliss-reactive ketones (excluding diaryl/α,β-unsaturated/α-hetero) is 1. The van der Waals surface area contributed by atoms with Crippen LogP contribution in [0.4, 0.5) is 5.69 Å². The zero-order valence-corrected chi connectivity index (χ0v) is 15.8. The summed E-state index contributed by atoms with van der Waals surface area (Å²) < 4.78 is 0. The molecule has 1 atom stereocenters. The molecule has 0 radical (unpaired) electrons. The number of nitriles is 1. The lowest BCUT2D eigenvalue weighted by Crippen LogP contribution is -2.31. The highest BCUT2D eigenvalue weighted by Gasteiger charge is 2.44. The van der Waals surface area contributed by atoms with Gasteiger partial charge in [-0.1, -0.05) is 18.2 Å². The number of hydrogen-bond donors (Lipinski definition) is 2. The molecule has 3 aromatic rings. The number of rotatable bonds is 4. The molecule has 1 amide bonds. The molecule has 29 heavy (non-hydrogen) atoms. The quantitative estimate of drug-likeness (QED) is 0.640. The van der Waals surface area contributed by atoms with Crippen molar-refractivity contribution in [3.63, 3.8) is 0 Å². The lowest BCUT2D eigenvalue weighted by molar-refractivity contribution is -0.117. The fourth-order valence-electron chi connectivity index (χ4n) is 3.31. The minimum absolute atomic E-state index is 0.0208. The molecular weight excluding hydrogens is 388 g/mol. The van der Waals surface area contributed by atoms with E-state index >= 15 is 0 Å². The molecule has 0 spiro atoms. The van der Waals surface area contributed by atoms with Crippen LogP contribution < -0.4 is 4.90 Å². The number of aromatic hydroxyl groups is 1. The summed E-state index contributed by atoms with van der Waals surface area (Å²) in [6.45, 7) is 0. The number of anilines is 1. The topological polar surface area (TPSA) is 102 Å². The van der Waals surface area contributed by atoms with Crippen LogP contribution in [0.1, 0.15) is 26.8 Å². The second-order valence-electron chi connectivity index (χ2n) is 6.40. The van der Waals surface area contributed by atoms with Gasteiger partial charge in [-0.25, -0.2) is 0 Å². The molecule has 0 fully saturated rings. The molecule has 4 rings (SSSR count). The number of nitrogens with zero attached hydrogens (tertiary/aromatic N) is 2. The highest BCUT2D eigenvalue weighted by atomic mass is 32.1. The van der Waals surface area contributed by atoms with Crippen LogP contribution in [0, 0.1) is 11.3 Å². The number of benzene rings is 2. The number of aliphatic hydroxyl groups is 1. The molecule has 1 aliphatic rings. The average Bonchev–Trinajstić information content (AvgIpc) is 3.36. The first kappa shape index (κ1) is 18.5. The first-order valence-electron chi connectivity index (χ1n) is 8.65. The fraction of sp³-hybridized carbons (Fsp3) is 0.0455. The maximum Gasteiger partial charge on any atom is 0.294 e. The molecule has 2 heterocycles. The molecular formula is C22H14N2O4S. The van der Waals surface area contributed by atoms with Crippen molar-refractivity contribution in [1.82, 2.24) is 0 Å². The van der Waals surface area contributed by atoms with E-state index in [1.54, 1.807) is 53.9 Å². The van der Waals surface area contributed by atoms with Crippen LogP contribution in [0.2, 0.25) is 0 Å². The number of carbonyl (C=O) groups excluding carboxylic acids is 2. The molecule has 0 aliphatic carbocycles. The van der Waals surface area contributed by atoms with E-state index in [9.17, 15) is 19.8 Å². The number of amides is 1. The van der Waals surface area contributed by atoms with E-state index in [1.807, 2.05) is 6.07 Å². The Bertz CT molecular complexity index is 1160. The highest BCUT2D eigenvalue weighted by Crippen LogP contribution is 2.42. The summed E-state index contributed by atoms with van der Waals surface area (Å²) in [5.41, 5.74) is 1.40. The molecule has 0 bridgehead atoms. The van der Waals surface area contributed by atoms with E-state index in [-0.39, 0.29) is 11.3 Å². The smallest absolute Gasteiger partial charge is 0.294 e. The van der Waals surface area contributed by atoms with Crippen LogP contribution in [0.3, 0.4) is 0 Å². The maximum atomic E-state index is 13.1. The average molecular weight is 402 g/mol. The molecule has 1 unspecified atom stereocenters. The van der Waals surface area contributed by atoms with Gasteiger partial charge in [0.15, 0.2) is 5.76 Å². The van der Waals surface area contributed by atoms with Gasteiger partial charge in [-0.05, 0) is 53.4 Å². The Morgan fingerprint density at radius 2 is 1.72 bits per heavy atom. The van der Waals surface area contributed by atoms with E-state index in [0.29, 0.717) is 21.7 Å². The molecule has 1 aromatic heterocycles. The Morgan fingerprint density at radius 3 is 2.31 bits per heavy atom. The standard InChI is InChI=1S/C22H14N2O4S/c23-12-13-3-7-15(8-4-13)24-19(14-5-9-16(25)10-6-14)18(21(27)22(24)28)20(26)17-2-1-11-29-17/h1-11,19,25,27H. The summed E-state index contributed by atoms with van der Waals surface area (Å²) in [5, 5.41) is 31.0. The lowest BCUT2D eigenvalue weighted by Gasteiger charge is -2.27. The number of phenols is 1. The van der Waals surface area contributed by atoms with Crippen LogP contribution >= 0.6 is 11.3 Å². The van der Waals surface area contributed by atoms with Gasteiger partial charge in [0.1, 0.15) is 5.75 Å². The van der Waals surface area contributed by atoms with Crippen molar-refractivity contribution in [2.45, 2.75) is 6.04 Å². The number of ketones is 1. The summed E-state index contributed by atoms with van der Waals surface area (Å²) in [5.74, 6) is -1.69. The molecule has 2 N–H and O–H groups in total. The van der Waals surface area contributed by atoms with E-state index in [4.69, 9.17) is 5.26 Å². The van der Waals surface area contributed by atoms with Crippen molar-refractivity contribution in [3.05, 3.63) is 93.4 Å². The van der Waals surface area contributed by atoms with E-state index in [0.717, 1.165) is 0 Å². The van der Waals surface area contributed by atoms with Gasteiger partial charge in [0.05, 0.1) is 28.1 Å². The summed E-state index contributed by atoms with van der Waals surface area (Å²) in [7, 11) is 0. The highest BCUT2D eigenvalue weighted by molar-refractivity contribution is 7.12. The van der Waals surface area contributed by atoms with Crippen LogP contribution in [0.25, 0.3) is 0 Å². The summed E-state index contributed by atoms with van der Waals surface area (Å²) >= 11 is 1.22. The first-order chi connectivity index (χ1) is 14.0. The zero-order chi connectivity index (χ0) is 20.5. The predicted octanol–water partition coefficient (Wildman–Crippen LogP) is 4.11. The molecule has 6 nitrogen and oxygen atoms in total. The van der Waals surface area contributed by atoms with Gasteiger partial charge in [0, 0.05) is 5.69 Å². The van der Waals surface area contributed by atoms with Gasteiger partial charge in [0.2, 0.25) is 5.78 Å². The normalized spacial score (nSPS) is 16.2. The van der Waals surface area contributed by atoms with Crippen molar-refractivity contribution in [2.24, 2.45) is 0 Å². The van der Waals surface area contributed by atoms with E-state index in [1.165, 1.54) is 28.4 Å². The first-order valence-corrected chi connectivity index (χ1v) is 9.53. The van der Waals surface area contributed by atoms with Gasteiger partial charge in [-0.15, -0.1) is 11.3 Å². The predicted molar refractivity (Wildman–Crippen MR) is 108 cm³/mol. The van der Waals surface area contributed by atoms with Crippen molar-refractivity contribution in [2.75, 3.05) is 4.90 Å².